The van der Waals surface area contributed by atoms with Crippen LogP contribution in [0, 0.1) is 10.1 Å². The summed E-state index contributed by atoms with van der Waals surface area (Å²) >= 11 is 11.6. The van der Waals surface area contributed by atoms with Gasteiger partial charge in [0.1, 0.15) is 11.3 Å². The highest BCUT2D eigenvalue weighted by Gasteiger charge is 2.23. The summed E-state index contributed by atoms with van der Waals surface area (Å²) in [6.07, 6.45) is 0. The van der Waals surface area contributed by atoms with Crippen molar-refractivity contribution in [2.45, 2.75) is 0 Å². The molecule has 0 unspecified atom stereocenters. The van der Waals surface area contributed by atoms with Crippen molar-refractivity contribution in [1.29, 1.82) is 0 Å². The summed E-state index contributed by atoms with van der Waals surface area (Å²) in [4.78, 5) is 22.5. The lowest BCUT2D eigenvalue weighted by atomic mass is 10.1. The van der Waals surface area contributed by atoms with Gasteiger partial charge in [-0.3, -0.25) is 14.9 Å². The topological polar surface area (TPSA) is 98.3 Å². The number of carbonyl (C=O) groups excluding carboxylic acids is 1. The number of nitro benzene ring substituents is 1. The van der Waals surface area contributed by atoms with Crippen molar-refractivity contribution >= 4 is 46.2 Å². The zero-order valence-electron chi connectivity index (χ0n) is 10.5. The molecule has 6 nitrogen and oxygen atoms in total. The average Bonchev–Trinajstić information content (AvgIpc) is 2.42. The van der Waals surface area contributed by atoms with Crippen LogP contribution in [0.4, 0.5) is 17.1 Å². The van der Waals surface area contributed by atoms with E-state index in [2.05, 4.69) is 5.32 Å². The second-order valence-corrected chi connectivity index (χ2v) is 4.90. The number of carbonyl (C=O) groups is 1. The minimum absolute atomic E-state index is 0.0817. The van der Waals surface area contributed by atoms with Gasteiger partial charge in [-0.25, -0.2) is 0 Å². The fourth-order valence-corrected chi connectivity index (χ4v) is 2.02. The van der Waals surface area contributed by atoms with Gasteiger partial charge in [-0.1, -0.05) is 29.3 Å². The number of hydrogen-bond acceptors (Lipinski definition) is 4. The van der Waals surface area contributed by atoms with E-state index in [-0.39, 0.29) is 16.3 Å². The van der Waals surface area contributed by atoms with E-state index in [1.165, 1.54) is 36.4 Å². The van der Waals surface area contributed by atoms with Crippen molar-refractivity contribution in [2.24, 2.45) is 0 Å². The van der Waals surface area contributed by atoms with Crippen LogP contribution in [0.5, 0.6) is 0 Å². The molecule has 0 bridgehead atoms. The average molecular weight is 326 g/mol. The lowest BCUT2D eigenvalue weighted by molar-refractivity contribution is -0.384. The fraction of sp³-hybridized carbons (Fsp3) is 0. The van der Waals surface area contributed by atoms with Crippen LogP contribution in [0.3, 0.4) is 0 Å². The summed E-state index contributed by atoms with van der Waals surface area (Å²) in [6.45, 7) is 0. The standard InChI is InChI=1S/C13H9Cl2N3O3/c14-9-5-4-7(6-10(9)15)17-13(19)8-2-1-3-11(16)12(8)18(20)21/h1-6H,16H2,(H,17,19). The van der Waals surface area contributed by atoms with Gasteiger partial charge in [-0.15, -0.1) is 0 Å². The number of amides is 1. The van der Waals surface area contributed by atoms with E-state index in [1.54, 1.807) is 0 Å². The molecule has 2 aromatic rings. The highest BCUT2D eigenvalue weighted by molar-refractivity contribution is 6.42. The number of nitro groups is 1. The van der Waals surface area contributed by atoms with Crippen molar-refractivity contribution in [3.63, 3.8) is 0 Å². The molecule has 0 saturated heterocycles. The van der Waals surface area contributed by atoms with Crippen molar-refractivity contribution in [3.8, 4) is 0 Å². The van der Waals surface area contributed by atoms with E-state index >= 15 is 0 Å². The molecule has 0 fully saturated rings. The summed E-state index contributed by atoms with van der Waals surface area (Å²) < 4.78 is 0. The van der Waals surface area contributed by atoms with Crippen molar-refractivity contribution in [3.05, 3.63) is 62.1 Å². The zero-order chi connectivity index (χ0) is 15.6. The van der Waals surface area contributed by atoms with Gasteiger partial charge in [-0.2, -0.15) is 0 Å². The normalized spacial score (nSPS) is 10.2. The quantitative estimate of drug-likeness (QED) is 0.510. The summed E-state index contributed by atoms with van der Waals surface area (Å²) in [5.74, 6) is -0.660. The third-order valence-electron chi connectivity index (χ3n) is 2.67. The van der Waals surface area contributed by atoms with E-state index in [9.17, 15) is 14.9 Å². The predicted octanol–water partition coefficient (Wildman–Crippen LogP) is 3.74. The van der Waals surface area contributed by atoms with Gasteiger partial charge < -0.3 is 11.1 Å². The number of nitrogens with zero attached hydrogens (tertiary/aromatic N) is 1. The van der Waals surface area contributed by atoms with Gasteiger partial charge in [0.15, 0.2) is 0 Å². The molecular weight excluding hydrogens is 317 g/mol. The molecule has 0 spiro atoms. The lowest BCUT2D eigenvalue weighted by Gasteiger charge is -2.08. The Kier molecular flexibility index (Phi) is 4.30. The van der Waals surface area contributed by atoms with Gasteiger partial charge in [0.05, 0.1) is 15.0 Å². The van der Waals surface area contributed by atoms with E-state index in [4.69, 9.17) is 28.9 Å². The van der Waals surface area contributed by atoms with Crippen LogP contribution in [0.2, 0.25) is 10.0 Å². The number of rotatable bonds is 3. The van der Waals surface area contributed by atoms with Gasteiger partial charge >= 0.3 is 5.69 Å². The Morgan fingerprint density at radius 1 is 1.19 bits per heavy atom. The third kappa shape index (κ3) is 3.24. The Labute approximate surface area is 129 Å². The molecule has 0 aliphatic carbocycles. The molecule has 0 atom stereocenters. The molecule has 0 saturated carbocycles. The van der Waals surface area contributed by atoms with Gasteiger partial charge in [0, 0.05) is 5.69 Å². The van der Waals surface area contributed by atoms with Crippen LogP contribution in [0.1, 0.15) is 10.4 Å². The minimum Gasteiger partial charge on any atom is -0.393 e. The second-order valence-electron chi connectivity index (χ2n) is 4.08. The second kappa shape index (κ2) is 5.99. The summed E-state index contributed by atoms with van der Waals surface area (Å²) in [5, 5.41) is 14.1. The van der Waals surface area contributed by atoms with Crippen LogP contribution >= 0.6 is 23.2 Å². The molecule has 0 aromatic heterocycles. The first-order valence-electron chi connectivity index (χ1n) is 5.69. The molecular formula is C13H9Cl2N3O3. The molecule has 0 aliphatic heterocycles. The molecule has 2 rings (SSSR count). The van der Waals surface area contributed by atoms with Crippen molar-refractivity contribution < 1.29 is 9.72 Å². The maximum atomic E-state index is 12.1. The van der Waals surface area contributed by atoms with E-state index in [1.807, 2.05) is 0 Å². The van der Waals surface area contributed by atoms with Crippen LogP contribution in [0.15, 0.2) is 36.4 Å². The van der Waals surface area contributed by atoms with E-state index in [0.717, 1.165) is 0 Å². The van der Waals surface area contributed by atoms with Gasteiger partial charge in [0.25, 0.3) is 5.91 Å². The Morgan fingerprint density at radius 2 is 1.90 bits per heavy atom. The smallest absolute Gasteiger partial charge is 0.304 e. The van der Waals surface area contributed by atoms with Crippen molar-refractivity contribution in [1.82, 2.24) is 0 Å². The Morgan fingerprint density at radius 3 is 2.52 bits per heavy atom. The number of anilines is 2. The Hall–Kier alpha value is -2.31. The fourth-order valence-electron chi connectivity index (χ4n) is 1.72. The largest absolute Gasteiger partial charge is 0.393 e. The molecule has 21 heavy (non-hydrogen) atoms. The highest BCUT2D eigenvalue weighted by Crippen LogP contribution is 2.28. The number of hydrogen-bond donors (Lipinski definition) is 2. The van der Waals surface area contributed by atoms with Gasteiger partial charge in [0.2, 0.25) is 0 Å². The van der Waals surface area contributed by atoms with E-state index < -0.39 is 16.5 Å². The van der Waals surface area contributed by atoms with Crippen LogP contribution in [-0.4, -0.2) is 10.8 Å². The monoisotopic (exact) mass is 325 g/mol. The van der Waals surface area contributed by atoms with Crippen molar-refractivity contribution in [2.75, 3.05) is 11.1 Å². The molecule has 2 aromatic carbocycles. The SMILES string of the molecule is Nc1cccc(C(=O)Nc2ccc(Cl)c(Cl)c2)c1[N+](=O)[O-]. The number of nitrogen functional groups attached to an aromatic ring is 1. The number of benzene rings is 2. The summed E-state index contributed by atoms with van der Waals surface area (Å²) in [5.41, 5.74) is 5.25. The van der Waals surface area contributed by atoms with Crippen LogP contribution in [-0.2, 0) is 0 Å². The summed E-state index contributed by atoms with van der Waals surface area (Å²) in [6, 6.07) is 8.62. The molecule has 3 N–H and O–H groups in total. The predicted molar refractivity (Wildman–Crippen MR) is 81.9 cm³/mol. The van der Waals surface area contributed by atoms with Crippen LogP contribution in [0.25, 0.3) is 0 Å². The van der Waals surface area contributed by atoms with E-state index in [0.29, 0.717) is 10.7 Å². The third-order valence-corrected chi connectivity index (χ3v) is 3.41. The number of nitrogens with two attached hydrogens (primary N) is 1. The molecule has 0 aliphatic rings. The molecule has 8 heteroatoms. The molecule has 108 valence electrons. The highest BCUT2D eigenvalue weighted by atomic mass is 35.5. The maximum Gasteiger partial charge on any atom is 0.304 e. The van der Waals surface area contributed by atoms with Gasteiger partial charge in [-0.05, 0) is 30.3 Å². The Bertz CT molecular complexity index is 735. The first-order chi connectivity index (χ1) is 9.90. The first kappa shape index (κ1) is 15.1. The number of nitrogens with one attached hydrogen (secondary N) is 1. The molecule has 0 radical (unpaired) electrons. The molecule has 1 amide bonds. The number of halogens is 2. The first-order valence-corrected chi connectivity index (χ1v) is 6.45. The number of para-hydroxylation sites is 1. The van der Waals surface area contributed by atoms with Crippen LogP contribution < -0.4 is 11.1 Å². The maximum absolute atomic E-state index is 12.1. The Balaban J connectivity index is 2.35. The summed E-state index contributed by atoms with van der Waals surface area (Å²) in [7, 11) is 0. The minimum atomic E-state index is -0.695. The lowest BCUT2D eigenvalue weighted by Crippen LogP contribution is -2.14. The molecule has 0 heterocycles. The zero-order valence-corrected chi connectivity index (χ0v) is 12.0.